The van der Waals surface area contributed by atoms with E-state index in [4.69, 9.17) is 4.42 Å². The molecule has 2 saturated carbocycles. The van der Waals surface area contributed by atoms with Crippen LogP contribution in [0, 0.1) is 17.7 Å². The quantitative estimate of drug-likeness (QED) is 0.382. The van der Waals surface area contributed by atoms with Gasteiger partial charge in [-0.2, -0.15) is 0 Å². The van der Waals surface area contributed by atoms with Gasteiger partial charge >= 0.3 is 5.63 Å². The van der Waals surface area contributed by atoms with Crippen molar-refractivity contribution in [3.8, 4) is 11.1 Å². The van der Waals surface area contributed by atoms with Gasteiger partial charge in [0.2, 0.25) is 0 Å². The molecule has 2 aromatic carbocycles. The van der Waals surface area contributed by atoms with Crippen LogP contribution in [0.2, 0.25) is 0 Å². The molecule has 33 heavy (non-hydrogen) atoms. The van der Waals surface area contributed by atoms with E-state index in [0.29, 0.717) is 31.3 Å². The van der Waals surface area contributed by atoms with Crippen LogP contribution in [0.3, 0.4) is 0 Å². The third-order valence-electron chi connectivity index (χ3n) is 6.52. The summed E-state index contributed by atoms with van der Waals surface area (Å²) in [4.78, 5) is 17.8. The largest absolute Gasteiger partial charge is 0.423 e. The average molecular weight is 482 g/mol. The Balaban J connectivity index is 1.37. The second-order valence-electron chi connectivity index (χ2n) is 8.78. The first-order chi connectivity index (χ1) is 15.9. The standard InChI is InChI=1S/C25H20FNO4S2/c26-17-7-1-14(2-8-17)20-12-23(28)31-21-11-18(9-10-19(20)21)33(30)24-27-13-22(32-24)25(29,15-3-4-15)16-5-6-16/h1-2,7-13,15-16,29H,3-6H2. The molecule has 4 aromatic rings. The topological polar surface area (TPSA) is 80.4 Å². The highest BCUT2D eigenvalue weighted by Gasteiger charge is 2.55. The van der Waals surface area contributed by atoms with Gasteiger partial charge in [0.15, 0.2) is 4.34 Å². The molecule has 0 spiro atoms. The van der Waals surface area contributed by atoms with E-state index in [2.05, 4.69) is 4.98 Å². The first kappa shape index (κ1) is 20.9. The summed E-state index contributed by atoms with van der Waals surface area (Å²) >= 11 is 1.30. The Morgan fingerprint density at radius 2 is 1.76 bits per heavy atom. The van der Waals surface area contributed by atoms with E-state index in [9.17, 15) is 18.5 Å². The van der Waals surface area contributed by atoms with Crippen molar-refractivity contribution in [1.82, 2.24) is 4.98 Å². The number of hydrogen-bond donors (Lipinski definition) is 1. The molecular weight excluding hydrogens is 461 g/mol. The van der Waals surface area contributed by atoms with Crippen molar-refractivity contribution in [3.63, 3.8) is 0 Å². The molecule has 5 nitrogen and oxygen atoms in total. The van der Waals surface area contributed by atoms with E-state index < -0.39 is 22.0 Å². The van der Waals surface area contributed by atoms with E-state index >= 15 is 0 Å². The minimum atomic E-state index is -1.58. The van der Waals surface area contributed by atoms with Crippen LogP contribution in [0.5, 0.6) is 0 Å². The molecule has 2 aromatic heterocycles. The minimum absolute atomic E-state index is 0.270. The number of thiazole rings is 1. The van der Waals surface area contributed by atoms with Gasteiger partial charge in [-0.1, -0.05) is 12.1 Å². The molecule has 0 radical (unpaired) electrons. The SMILES string of the molecule is O=c1cc(-c2ccc(F)cc2)c2ccc(S(=O)c3ncc(C(O)(C4CC4)C4CC4)s3)cc2o1. The maximum atomic E-state index is 13.3. The number of hydrogen-bond acceptors (Lipinski definition) is 6. The zero-order valence-corrected chi connectivity index (χ0v) is 19.1. The van der Waals surface area contributed by atoms with Crippen LogP contribution in [0.15, 0.2) is 73.2 Å². The maximum Gasteiger partial charge on any atom is 0.336 e. The maximum absolute atomic E-state index is 13.3. The van der Waals surface area contributed by atoms with Crippen LogP contribution < -0.4 is 5.63 Å². The van der Waals surface area contributed by atoms with Crippen LogP contribution >= 0.6 is 11.3 Å². The fraction of sp³-hybridized carbons (Fsp3) is 0.280. The van der Waals surface area contributed by atoms with Crippen LogP contribution in [0.25, 0.3) is 22.1 Å². The van der Waals surface area contributed by atoms with Crippen molar-refractivity contribution in [2.45, 2.75) is 40.5 Å². The van der Waals surface area contributed by atoms with Crippen molar-refractivity contribution in [3.05, 3.63) is 75.8 Å². The molecule has 1 N–H and O–H groups in total. The van der Waals surface area contributed by atoms with E-state index in [0.717, 1.165) is 30.6 Å². The molecule has 2 fully saturated rings. The summed E-state index contributed by atoms with van der Waals surface area (Å²) in [5.74, 6) is 0.180. The molecule has 0 saturated heterocycles. The van der Waals surface area contributed by atoms with Gasteiger partial charge in [-0.15, -0.1) is 11.3 Å². The Kier molecular flexibility index (Phi) is 4.87. The third kappa shape index (κ3) is 3.66. The summed E-state index contributed by atoms with van der Waals surface area (Å²) in [7, 11) is -1.58. The van der Waals surface area contributed by atoms with Crippen molar-refractivity contribution in [2.24, 2.45) is 11.8 Å². The van der Waals surface area contributed by atoms with Crippen molar-refractivity contribution in [2.75, 3.05) is 0 Å². The number of nitrogens with zero attached hydrogens (tertiary/aromatic N) is 1. The van der Waals surface area contributed by atoms with Gasteiger partial charge < -0.3 is 9.52 Å². The average Bonchev–Trinajstić information content (AvgIpc) is 3.75. The number of fused-ring (bicyclic) bond motifs is 1. The van der Waals surface area contributed by atoms with Crippen molar-refractivity contribution >= 4 is 33.1 Å². The number of benzene rings is 2. The Labute approximate surface area is 195 Å². The summed E-state index contributed by atoms with van der Waals surface area (Å²) in [5.41, 5.74) is 0.221. The first-order valence-corrected chi connectivity index (χ1v) is 12.8. The normalized spacial score (nSPS) is 17.4. The van der Waals surface area contributed by atoms with E-state index in [1.807, 2.05) is 0 Å². The van der Waals surface area contributed by atoms with E-state index in [1.54, 1.807) is 36.5 Å². The second kappa shape index (κ2) is 7.68. The second-order valence-corrected chi connectivity index (χ2v) is 11.5. The highest BCUT2D eigenvalue weighted by atomic mass is 32.2. The predicted octanol–water partition coefficient (Wildman–Crippen LogP) is 5.23. The molecular formula is C25H20FNO4S2. The lowest BCUT2D eigenvalue weighted by atomic mass is 9.90. The predicted molar refractivity (Wildman–Crippen MR) is 124 cm³/mol. The highest BCUT2D eigenvalue weighted by Crippen LogP contribution is 2.58. The summed E-state index contributed by atoms with van der Waals surface area (Å²) in [6.45, 7) is 0. The van der Waals surface area contributed by atoms with Gasteiger partial charge in [0.05, 0.1) is 4.88 Å². The molecule has 0 aliphatic heterocycles. The van der Waals surface area contributed by atoms with Crippen molar-refractivity contribution in [1.29, 1.82) is 0 Å². The number of rotatable bonds is 6. The van der Waals surface area contributed by atoms with E-state index in [1.165, 1.54) is 29.5 Å². The minimum Gasteiger partial charge on any atom is -0.423 e. The summed E-state index contributed by atoms with van der Waals surface area (Å²) in [5, 5.41) is 12.0. The Morgan fingerprint density at radius 3 is 2.42 bits per heavy atom. The summed E-state index contributed by atoms with van der Waals surface area (Å²) < 4.78 is 32.4. The lowest BCUT2D eigenvalue weighted by Gasteiger charge is -2.26. The summed E-state index contributed by atoms with van der Waals surface area (Å²) in [6, 6.07) is 12.3. The van der Waals surface area contributed by atoms with Gasteiger partial charge in [-0.05, 0) is 79.0 Å². The monoisotopic (exact) mass is 481 g/mol. The van der Waals surface area contributed by atoms with Gasteiger partial charge in [-0.25, -0.2) is 18.4 Å². The number of aliphatic hydroxyl groups is 1. The lowest BCUT2D eigenvalue weighted by Crippen LogP contribution is -2.29. The highest BCUT2D eigenvalue weighted by molar-refractivity contribution is 7.87. The molecule has 0 bridgehead atoms. The molecule has 2 aliphatic rings. The van der Waals surface area contributed by atoms with Gasteiger partial charge in [-0.3, -0.25) is 0 Å². The van der Waals surface area contributed by atoms with Gasteiger partial charge in [0, 0.05) is 22.5 Å². The fourth-order valence-corrected chi connectivity index (χ4v) is 7.05. The van der Waals surface area contributed by atoms with Crippen molar-refractivity contribution < 1.29 is 18.1 Å². The van der Waals surface area contributed by atoms with E-state index in [-0.39, 0.29) is 17.7 Å². The Morgan fingerprint density at radius 1 is 1.06 bits per heavy atom. The lowest BCUT2D eigenvalue weighted by molar-refractivity contribution is -0.00681. The third-order valence-corrected chi connectivity index (χ3v) is 9.26. The first-order valence-electron chi connectivity index (χ1n) is 10.9. The van der Waals surface area contributed by atoms with Crippen LogP contribution in [-0.2, 0) is 16.4 Å². The van der Waals surface area contributed by atoms with Crippen LogP contribution in [-0.4, -0.2) is 14.3 Å². The number of aromatic nitrogens is 1. The van der Waals surface area contributed by atoms with Gasteiger partial charge in [0.1, 0.15) is 27.8 Å². The number of halogens is 1. The molecule has 2 aliphatic carbocycles. The fourth-order valence-electron chi connectivity index (χ4n) is 4.54. The van der Waals surface area contributed by atoms with Gasteiger partial charge in [0.25, 0.3) is 0 Å². The van der Waals surface area contributed by atoms with Crippen LogP contribution in [0.1, 0.15) is 30.6 Å². The molecule has 2 heterocycles. The zero-order chi connectivity index (χ0) is 22.7. The summed E-state index contributed by atoms with van der Waals surface area (Å²) in [6.07, 6.45) is 5.74. The zero-order valence-electron chi connectivity index (χ0n) is 17.5. The molecule has 168 valence electrons. The molecule has 0 amide bonds. The van der Waals surface area contributed by atoms with Crippen LogP contribution in [0.4, 0.5) is 4.39 Å². The Bertz CT molecular complexity index is 1440. The molecule has 1 atom stereocenters. The smallest absolute Gasteiger partial charge is 0.336 e. The Hall–Kier alpha value is -2.68. The molecule has 6 rings (SSSR count). The molecule has 1 unspecified atom stereocenters. The molecule has 8 heteroatoms.